The summed E-state index contributed by atoms with van der Waals surface area (Å²) >= 11 is 1.23. The molecule has 3 aromatic rings. The second-order valence-electron chi connectivity index (χ2n) is 5.25. The van der Waals surface area contributed by atoms with Gasteiger partial charge in [0.1, 0.15) is 10.7 Å². The lowest BCUT2D eigenvalue weighted by molar-refractivity contribution is 0.0711. The standard InChI is InChI=1S/C17H16FN3O3S/c18-13-3-1-12(2-4-13)11-24-9-8-21-7-5-15(19-21)14-6-10-25-16(14)17(22)20-23/h1-7,10,23H,8-9,11H2,(H,20,22). The molecule has 8 heteroatoms. The highest BCUT2D eigenvalue weighted by molar-refractivity contribution is 7.12. The van der Waals surface area contributed by atoms with Crippen molar-refractivity contribution in [1.82, 2.24) is 15.3 Å². The number of nitrogens with one attached hydrogen (secondary N) is 1. The summed E-state index contributed by atoms with van der Waals surface area (Å²) in [5.41, 5.74) is 3.86. The van der Waals surface area contributed by atoms with Gasteiger partial charge >= 0.3 is 0 Å². The number of ether oxygens (including phenoxy) is 1. The zero-order chi connectivity index (χ0) is 17.6. The van der Waals surface area contributed by atoms with Gasteiger partial charge in [-0.1, -0.05) is 12.1 Å². The fraction of sp³-hybridized carbons (Fsp3) is 0.176. The molecule has 6 nitrogen and oxygen atoms in total. The van der Waals surface area contributed by atoms with E-state index in [1.807, 2.05) is 0 Å². The number of nitrogens with zero attached hydrogens (tertiary/aromatic N) is 2. The highest BCUT2D eigenvalue weighted by Gasteiger charge is 2.15. The third-order valence-corrected chi connectivity index (χ3v) is 4.45. The number of carbonyl (C=O) groups is 1. The van der Waals surface area contributed by atoms with E-state index >= 15 is 0 Å². The monoisotopic (exact) mass is 361 g/mol. The van der Waals surface area contributed by atoms with Crippen LogP contribution in [-0.4, -0.2) is 27.5 Å². The van der Waals surface area contributed by atoms with Crippen molar-refractivity contribution >= 4 is 17.2 Å². The minimum absolute atomic E-state index is 0.268. The van der Waals surface area contributed by atoms with Crippen molar-refractivity contribution in [2.45, 2.75) is 13.2 Å². The Morgan fingerprint density at radius 1 is 1.28 bits per heavy atom. The lowest BCUT2D eigenvalue weighted by atomic mass is 10.2. The molecule has 0 aliphatic heterocycles. The Hall–Kier alpha value is -2.55. The fourth-order valence-corrected chi connectivity index (χ4v) is 3.09. The molecule has 1 aromatic carbocycles. The highest BCUT2D eigenvalue weighted by atomic mass is 32.1. The normalized spacial score (nSPS) is 10.8. The van der Waals surface area contributed by atoms with E-state index in [1.54, 1.807) is 46.0 Å². The van der Waals surface area contributed by atoms with Gasteiger partial charge in [-0.25, -0.2) is 9.87 Å². The number of amides is 1. The smallest absolute Gasteiger partial charge is 0.285 e. The molecule has 25 heavy (non-hydrogen) atoms. The third-order valence-electron chi connectivity index (χ3n) is 3.54. The molecule has 2 heterocycles. The topological polar surface area (TPSA) is 76.4 Å². The van der Waals surface area contributed by atoms with E-state index in [0.29, 0.717) is 35.9 Å². The first kappa shape index (κ1) is 17.3. The van der Waals surface area contributed by atoms with Crippen LogP contribution in [0.4, 0.5) is 4.39 Å². The molecule has 0 aliphatic carbocycles. The first-order valence-electron chi connectivity index (χ1n) is 7.55. The van der Waals surface area contributed by atoms with Gasteiger partial charge in [0.05, 0.1) is 25.5 Å². The largest absolute Gasteiger partial charge is 0.375 e. The maximum absolute atomic E-state index is 12.8. The molecule has 0 radical (unpaired) electrons. The molecule has 0 unspecified atom stereocenters. The molecule has 0 saturated carbocycles. The van der Waals surface area contributed by atoms with Gasteiger partial charge in [-0.05, 0) is 35.2 Å². The summed E-state index contributed by atoms with van der Waals surface area (Å²) in [5, 5.41) is 15.0. The van der Waals surface area contributed by atoms with Crippen molar-refractivity contribution in [1.29, 1.82) is 0 Å². The van der Waals surface area contributed by atoms with Gasteiger partial charge < -0.3 is 4.74 Å². The van der Waals surface area contributed by atoms with Gasteiger partial charge in [-0.2, -0.15) is 5.10 Å². The molecule has 0 fully saturated rings. The van der Waals surface area contributed by atoms with Crippen LogP contribution in [0.25, 0.3) is 11.3 Å². The Morgan fingerprint density at radius 2 is 2.08 bits per heavy atom. The number of hydrogen-bond acceptors (Lipinski definition) is 5. The third kappa shape index (κ3) is 4.30. The molecule has 0 bridgehead atoms. The van der Waals surface area contributed by atoms with E-state index in [-0.39, 0.29) is 5.82 Å². The average Bonchev–Trinajstić information content (AvgIpc) is 3.28. The number of hydrogen-bond donors (Lipinski definition) is 2. The molecule has 0 atom stereocenters. The molecule has 0 aliphatic rings. The van der Waals surface area contributed by atoms with Gasteiger partial charge in [0.2, 0.25) is 0 Å². The van der Waals surface area contributed by atoms with Crippen LogP contribution in [0, 0.1) is 5.82 Å². The van der Waals surface area contributed by atoms with Crippen molar-refractivity contribution in [3.8, 4) is 11.3 Å². The molecule has 0 spiro atoms. The van der Waals surface area contributed by atoms with Crippen LogP contribution >= 0.6 is 11.3 Å². The Kier molecular flexibility index (Phi) is 5.54. The molecule has 1 amide bonds. The van der Waals surface area contributed by atoms with E-state index in [0.717, 1.165) is 5.56 Å². The van der Waals surface area contributed by atoms with Crippen LogP contribution < -0.4 is 5.48 Å². The molecule has 130 valence electrons. The molecule has 2 aromatic heterocycles. The summed E-state index contributed by atoms with van der Waals surface area (Å²) in [6.45, 7) is 1.40. The van der Waals surface area contributed by atoms with Crippen LogP contribution in [0.3, 0.4) is 0 Å². The van der Waals surface area contributed by atoms with Crippen LogP contribution in [0.15, 0.2) is 48.0 Å². The van der Waals surface area contributed by atoms with Crippen LogP contribution in [0.5, 0.6) is 0 Å². The molecule has 0 saturated heterocycles. The first-order chi connectivity index (χ1) is 12.2. The number of benzene rings is 1. The van der Waals surface area contributed by atoms with Crippen molar-refractivity contribution in [2.24, 2.45) is 0 Å². The number of hydroxylamine groups is 1. The Balaban J connectivity index is 1.54. The van der Waals surface area contributed by atoms with Gasteiger partial charge in [-0.3, -0.25) is 14.7 Å². The van der Waals surface area contributed by atoms with E-state index in [1.165, 1.54) is 23.5 Å². The van der Waals surface area contributed by atoms with Gasteiger partial charge in [0.25, 0.3) is 5.91 Å². The minimum atomic E-state index is -0.554. The van der Waals surface area contributed by atoms with Crippen LogP contribution in [0.2, 0.25) is 0 Å². The van der Waals surface area contributed by atoms with Gasteiger partial charge in [0, 0.05) is 11.8 Å². The maximum Gasteiger partial charge on any atom is 0.285 e. The average molecular weight is 361 g/mol. The molecule has 2 N–H and O–H groups in total. The summed E-state index contributed by atoms with van der Waals surface area (Å²) in [6.07, 6.45) is 1.80. The fourth-order valence-electron chi connectivity index (χ4n) is 2.30. The summed E-state index contributed by atoms with van der Waals surface area (Å²) in [4.78, 5) is 12.0. The number of rotatable bonds is 7. The van der Waals surface area contributed by atoms with E-state index in [9.17, 15) is 9.18 Å². The number of halogens is 1. The minimum Gasteiger partial charge on any atom is -0.375 e. The zero-order valence-electron chi connectivity index (χ0n) is 13.2. The summed E-state index contributed by atoms with van der Waals surface area (Å²) in [7, 11) is 0. The quantitative estimate of drug-likeness (QED) is 0.385. The summed E-state index contributed by atoms with van der Waals surface area (Å²) in [5.74, 6) is -0.822. The molecular formula is C17H16FN3O3S. The predicted molar refractivity (Wildman–Crippen MR) is 90.8 cm³/mol. The molecule has 3 rings (SSSR count). The molecular weight excluding hydrogens is 345 g/mol. The van der Waals surface area contributed by atoms with Crippen LogP contribution in [-0.2, 0) is 17.9 Å². The Morgan fingerprint density at radius 3 is 2.84 bits per heavy atom. The number of aromatic nitrogens is 2. The second-order valence-corrected chi connectivity index (χ2v) is 6.16. The van der Waals surface area contributed by atoms with Gasteiger partial charge in [-0.15, -0.1) is 11.3 Å². The second kappa shape index (κ2) is 8.02. The number of thiophene rings is 1. The van der Waals surface area contributed by atoms with Crippen molar-refractivity contribution in [3.05, 3.63) is 64.2 Å². The Labute approximate surface area is 147 Å². The SMILES string of the molecule is O=C(NO)c1sccc1-c1ccn(CCOCc2ccc(F)cc2)n1. The Bertz CT molecular complexity index is 845. The van der Waals surface area contributed by atoms with Crippen LogP contribution in [0.1, 0.15) is 15.2 Å². The first-order valence-corrected chi connectivity index (χ1v) is 8.43. The summed E-state index contributed by atoms with van der Waals surface area (Å²) in [6, 6.07) is 9.76. The van der Waals surface area contributed by atoms with Gasteiger partial charge in [0.15, 0.2) is 0 Å². The lowest BCUT2D eigenvalue weighted by Gasteiger charge is -2.05. The van der Waals surface area contributed by atoms with E-state index in [4.69, 9.17) is 9.94 Å². The lowest BCUT2D eigenvalue weighted by Crippen LogP contribution is -2.17. The zero-order valence-corrected chi connectivity index (χ0v) is 14.0. The van der Waals surface area contributed by atoms with E-state index in [2.05, 4.69) is 5.10 Å². The predicted octanol–water partition coefficient (Wildman–Crippen LogP) is 3.09. The maximum atomic E-state index is 12.8. The highest BCUT2D eigenvalue weighted by Crippen LogP contribution is 2.26. The van der Waals surface area contributed by atoms with E-state index < -0.39 is 5.91 Å². The van der Waals surface area contributed by atoms with Crippen molar-refractivity contribution < 1.29 is 19.1 Å². The summed E-state index contributed by atoms with van der Waals surface area (Å²) < 4.78 is 20.1. The number of carbonyl (C=O) groups excluding carboxylic acids is 1. The van der Waals surface area contributed by atoms with Crippen molar-refractivity contribution in [3.63, 3.8) is 0 Å². The van der Waals surface area contributed by atoms with Crippen molar-refractivity contribution in [2.75, 3.05) is 6.61 Å².